The highest BCUT2D eigenvalue weighted by Crippen LogP contribution is 2.14. The number of carbonyl (C=O) groups excluding carboxylic acids is 1. The van der Waals surface area contributed by atoms with E-state index in [1.807, 2.05) is 44.6 Å². The molecular formula is C15H20N4O. The molecular weight excluding hydrogens is 252 g/mol. The fraction of sp³-hybridized carbons (Fsp3) is 0.333. The third kappa shape index (κ3) is 2.99. The van der Waals surface area contributed by atoms with E-state index in [1.54, 1.807) is 4.68 Å². The molecule has 5 nitrogen and oxygen atoms in total. The first-order valence-electron chi connectivity index (χ1n) is 6.72. The van der Waals surface area contributed by atoms with Gasteiger partial charge in [0.15, 0.2) is 0 Å². The van der Waals surface area contributed by atoms with E-state index in [-0.39, 0.29) is 5.91 Å². The average Bonchev–Trinajstić information content (AvgIpc) is 2.84. The SMILES string of the molecule is CCc1nn(C)cc1CNC(=O)c1ccccc1NC. The van der Waals surface area contributed by atoms with Gasteiger partial charge in [-0.15, -0.1) is 0 Å². The van der Waals surface area contributed by atoms with E-state index in [9.17, 15) is 4.79 Å². The van der Waals surface area contributed by atoms with Crippen molar-refractivity contribution >= 4 is 11.6 Å². The number of carbonyl (C=O) groups is 1. The van der Waals surface area contributed by atoms with Crippen LogP contribution in [0, 0.1) is 0 Å². The first-order valence-corrected chi connectivity index (χ1v) is 6.72. The number of hydrogen-bond donors (Lipinski definition) is 2. The van der Waals surface area contributed by atoms with E-state index >= 15 is 0 Å². The minimum Gasteiger partial charge on any atom is -0.387 e. The Bertz CT molecular complexity index is 604. The summed E-state index contributed by atoms with van der Waals surface area (Å²) in [4.78, 5) is 12.2. The van der Waals surface area contributed by atoms with Crippen LogP contribution in [-0.4, -0.2) is 22.7 Å². The van der Waals surface area contributed by atoms with Crippen molar-refractivity contribution in [2.75, 3.05) is 12.4 Å². The van der Waals surface area contributed by atoms with Gasteiger partial charge in [-0.25, -0.2) is 0 Å². The van der Waals surface area contributed by atoms with E-state index in [0.29, 0.717) is 12.1 Å². The normalized spacial score (nSPS) is 10.3. The summed E-state index contributed by atoms with van der Waals surface area (Å²) in [5.41, 5.74) is 3.56. The fourth-order valence-electron chi connectivity index (χ4n) is 2.20. The first-order chi connectivity index (χ1) is 9.65. The second-order valence-electron chi connectivity index (χ2n) is 4.61. The molecule has 1 aromatic heterocycles. The summed E-state index contributed by atoms with van der Waals surface area (Å²) >= 11 is 0. The lowest BCUT2D eigenvalue weighted by Gasteiger charge is -2.09. The van der Waals surface area contributed by atoms with Crippen LogP contribution in [0.1, 0.15) is 28.5 Å². The molecule has 0 unspecified atom stereocenters. The lowest BCUT2D eigenvalue weighted by atomic mass is 10.1. The Labute approximate surface area is 119 Å². The molecule has 0 saturated heterocycles. The van der Waals surface area contributed by atoms with Gasteiger partial charge < -0.3 is 10.6 Å². The van der Waals surface area contributed by atoms with E-state index in [4.69, 9.17) is 0 Å². The average molecular weight is 272 g/mol. The molecule has 1 heterocycles. The highest BCUT2D eigenvalue weighted by molar-refractivity contribution is 5.99. The van der Waals surface area contributed by atoms with Crippen LogP contribution in [0.2, 0.25) is 0 Å². The third-order valence-corrected chi connectivity index (χ3v) is 3.21. The van der Waals surface area contributed by atoms with Crippen molar-refractivity contribution in [2.45, 2.75) is 19.9 Å². The summed E-state index contributed by atoms with van der Waals surface area (Å²) < 4.78 is 1.78. The number of aryl methyl sites for hydroxylation is 2. The van der Waals surface area contributed by atoms with Crippen LogP contribution in [0.5, 0.6) is 0 Å². The first kappa shape index (κ1) is 14.1. The summed E-state index contributed by atoms with van der Waals surface area (Å²) in [6.07, 6.45) is 2.81. The zero-order chi connectivity index (χ0) is 14.5. The Morgan fingerprint density at radius 3 is 2.80 bits per heavy atom. The summed E-state index contributed by atoms with van der Waals surface area (Å²) in [6, 6.07) is 7.46. The molecule has 0 aliphatic rings. The van der Waals surface area contributed by atoms with Gasteiger partial charge in [0.2, 0.25) is 0 Å². The Balaban J connectivity index is 2.08. The van der Waals surface area contributed by atoms with Gasteiger partial charge in [0.05, 0.1) is 11.3 Å². The third-order valence-electron chi connectivity index (χ3n) is 3.21. The topological polar surface area (TPSA) is 59.0 Å². The summed E-state index contributed by atoms with van der Waals surface area (Å²) in [5, 5.41) is 10.3. The zero-order valence-corrected chi connectivity index (χ0v) is 12.1. The van der Waals surface area contributed by atoms with Crippen molar-refractivity contribution in [1.29, 1.82) is 0 Å². The summed E-state index contributed by atoms with van der Waals surface area (Å²) in [5.74, 6) is -0.0825. The molecule has 2 N–H and O–H groups in total. The van der Waals surface area contributed by atoms with E-state index in [1.165, 1.54) is 0 Å². The monoisotopic (exact) mass is 272 g/mol. The summed E-state index contributed by atoms with van der Waals surface area (Å²) in [6.45, 7) is 2.55. The number of benzene rings is 1. The number of hydrogen-bond acceptors (Lipinski definition) is 3. The number of nitrogens with one attached hydrogen (secondary N) is 2. The molecule has 0 saturated carbocycles. The molecule has 0 aliphatic heterocycles. The lowest BCUT2D eigenvalue weighted by molar-refractivity contribution is 0.0951. The summed E-state index contributed by atoms with van der Waals surface area (Å²) in [7, 11) is 3.70. The lowest BCUT2D eigenvalue weighted by Crippen LogP contribution is -2.24. The van der Waals surface area contributed by atoms with Crippen LogP contribution in [0.3, 0.4) is 0 Å². The van der Waals surface area contributed by atoms with Gasteiger partial charge in [-0.3, -0.25) is 9.48 Å². The van der Waals surface area contributed by atoms with Crippen LogP contribution in [0.4, 0.5) is 5.69 Å². The highest BCUT2D eigenvalue weighted by Gasteiger charge is 2.11. The predicted molar refractivity (Wildman–Crippen MR) is 79.7 cm³/mol. The fourth-order valence-corrected chi connectivity index (χ4v) is 2.20. The molecule has 1 amide bonds. The van der Waals surface area contributed by atoms with Crippen LogP contribution < -0.4 is 10.6 Å². The molecule has 0 aliphatic carbocycles. The number of anilines is 1. The van der Waals surface area contributed by atoms with Gasteiger partial charge in [0.1, 0.15) is 0 Å². The molecule has 2 rings (SSSR count). The number of aromatic nitrogens is 2. The Kier molecular flexibility index (Phi) is 4.40. The Morgan fingerprint density at radius 2 is 2.10 bits per heavy atom. The second-order valence-corrected chi connectivity index (χ2v) is 4.61. The molecule has 1 aromatic carbocycles. The van der Waals surface area contributed by atoms with Crippen molar-refractivity contribution in [3.8, 4) is 0 Å². The van der Waals surface area contributed by atoms with Crippen LogP contribution in [-0.2, 0) is 20.0 Å². The number of amides is 1. The Hall–Kier alpha value is -2.30. The van der Waals surface area contributed by atoms with Crippen molar-refractivity contribution in [3.63, 3.8) is 0 Å². The minimum atomic E-state index is -0.0825. The maximum Gasteiger partial charge on any atom is 0.253 e. The van der Waals surface area contributed by atoms with E-state index in [0.717, 1.165) is 23.4 Å². The van der Waals surface area contributed by atoms with Gasteiger partial charge in [0, 0.05) is 38.1 Å². The maximum absolute atomic E-state index is 12.2. The second kappa shape index (κ2) is 6.23. The van der Waals surface area contributed by atoms with E-state index in [2.05, 4.69) is 22.7 Å². The molecule has 5 heteroatoms. The Morgan fingerprint density at radius 1 is 1.35 bits per heavy atom. The molecule has 0 fully saturated rings. The molecule has 20 heavy (non-hydrogen) atoms. The van der Waals surface area contributed by atoms with Gasteiger partial charge in [-0.05, 0) is 18.6 Å². The van der Waals surface area contributed by atoms with Gasteiger partial charge in [-0.1, -0.05) is 19.1 Å². The molecule has 2 aromatic rings. The molecule has 0 atom stereocenters. The van der Waals surface area contributed by atoms with Crippen LogP contribution in [0.15, 0.2) is 30.5 Å². The standard InChI is InChI=1S/C15H20N4O/c1-4-13-11(10-19(3)18-13)9-17-15(20)12-7-5-6-8-14(12)16-2/h5-8,10,16H,4,9H2,1-3H3,(H,17,20). The van der Waals surface area contributed by atoms with Crippen LogP contribution >= 0.6 is 0 Å². The smallest absolute Gasteiger partial charge is 0.253 e. The van der Waals surface area contributed by atoms with Crippen molar-refractivity contribution < 1.29 is 4.79 Å². The van der Waals surface area contributed by atoms with Crippen molar-refractivity contribution in [1.82, 2.24) is 15.1 Å². The van der Waals surface area contributed by atoms with Crippen molar-refractivity contribution in [2.24, 2.45) is 7.05 Å². The molecule has 0 spiro atoms. The largest absolute Gasteiger partial charge is 0.387 e. The van der Waals surface area contributed by atoms with E-state index < -0.39 is 0 Å². The predicted octanol–water partition coefficient (Wildman–Crippen LogP) is 1.95. The zero-order valence-electron chi connectivity index (χ0n) is 12.1. The van der Waals surface area contributed by atoms with Gasteiger partial charge in [0.25, 0.3) is 5.91 Å². The van der Waals surface area contributed by atoms with Crippen LogP contribution in [0.25, 0.3) is 0 Å². The van der Waals surface area contributed by atoms with Crippen molar-refractivity contribution in [3.05, 3.63) is 47.3 Å². The minimum absolute atomic E-state index is 0.0825. The number of nitrogens with zero attached hydrogens (tertiary/aromatic N) is 2. The quantitative estimate of drug-likeness (QED) is 0.874. The van der Waals surface area contributed by atoms with Gasteiger partial charge in [-0.2, -0.15) is 5.10 Å². The van der Waals surface area contributed by atoms with Gasteiger partial charge >= 0.3 is 0 Å². The molecule has 0 radical (unpaired) electrons. The maximum atomic E-state index is 12.2. The molecule has 106 valence electrons. The number of para-hydroxylation sites is 1. The number of rotatable bonds is 5. The highest BCUT2D eigenvalue weighted by atomic mass is 16.1. The molecule has 0 bridgehead atoms.